The third-order valence-electron chi connectivity index (χ3n) is 9.54. The molecule has 3 aromatic rings. The smallest absolute Gasteiger partial charge is 0.255 e. The second-order valence-electron chi connectivity index (χ2n) is 13.8. The van der Waals surface area contributed by atoms with Crippen molar-refractivity contribution in [1.29, 1.82) is 0 Å². The molecule has 3 amide bonds. The summed E-state index contributed by atoms with van der Waals surface area (Å²) in [6.07, 6.45) is 3.52. The minimum atomic E-state index is -1.20. The number of nitrogens with zero attached hydrogens (tertiary/aromatic N) is 2. The van der Waals surface area contributed by atoms with Gasteiger partial charge in [0.05, 0.1) is 38.6 Å². The number of rotatable bonds is 29. The Kier molecular flexibility index (Phi) is 22.5. The second-order valence-corrected chi connectivity index (χ2v) is 13.8. The lowest BCUT2D eigenvalue weighted by atomic mass is 10.00. The van der Waals surface area contributed by atoms with Crippen molar-refractivity contribution in [2.24, 2.45) is 0 Å². The first kappa shape index (κ1) is 50.6. The van der Waals surface area contributed by atoms with Crippen LogP contribution in [0.3, 0.4) is 0 Å². The van der Waals surface area contributed by atoms with Crippen molar-refractivity contribution in [3.8, 4) is 17.6 Å². The molecule has 0 radical (unpaired) electrons. The van der Waals surface area contributed by atoms with Gasteiger partial charge in [0, 0.05) is 43.8 Å². The summed E-state index contributed by atoms with van der Waals surface area (Å²) in [5, 5.41) is 2.49. The van der Waals surface area contributed by atoms with Crippen molar-refractivity contribution in [1.82, 2.24) is 15.1 Å². The van der Waals surface area contributed by atoms with Crippen molar-refractivity contribution >= 4 is 37.1 Å². The van der Waals surface area contributed by atoms with Crippen LogP contribution >= 0.6 is 0 Å². The molecule has 0 heterocycles. The van der Waals surface area contributed by atoms with Crippen LogP contribution in [0.1, 0.15) is 55.8 Å². The predicted molar refractivity (Wildman–Crippen MR) is 233 cm³/mol. The summed E-state index contributed by atoms with van der Waals surface area (Å²) in [7, 11) is 2.88. The number of allylic oxidation sites excluding steroid dienone is 2. The molecule has 0 bridgehead atoms. The maximum absolute atomic E-state index is 14.1. The molecule has 0 saturated heterocycles. The van der Waals surface area contributed by atoms with Crippen molar-refractivity contribution in [3.05, 3.63) is 137 Å². The molecule has 0 fully saturated rings. The standard InChI is InChI=1S/C48H54FN3O11/c1-35(49)28-44(37(3)63-33-38-12-7-6-8-13-38)46(32-55)52(34-56)30-40-15-9-14-39(36(40)2)16-11-21-59-22-23-60-24-25-61-26-27-62-42-18-19-43(41(29-42)31-54)48(58)51(5)45(17-10-20-53)47(57)50-4/h6-9,12-15,18-20,28-29,31-32,34,45-46H,1,3,10,17,21-27,30,33H2,2,4-5H3,(H,50,57)/b44-28+. The first-order valence-corrected chi connectivity index (χ1v) is 20.0. The number of halogens is 1. The molecule has 0 aromatic heterocycles. The minimum Gasteiger partial charge on any atom is -0.491 e. The number of amides is 3. The number of hydrogen-bond donors (Lipinski definition) is 1. The Bertz CT molecular complexity index is 2130. The van der Waals surface area contributed by atoms with Crippen molar-refractivity contribution < 1.29 is 56.8 Å². The zero-order chi connectivity index (χ0) is 46.0. The van der Waals surface area contributed by atoms with Crippen LogP contribution in [-0.4, -0.2) is 119 Å². The summed E-state index contributed by atoms with van der Waals surface area (Å²) >= 11 is 0. The molecule has 334 valence electrons. The minimum absolute atomic E-state index is 0.0220. The van der Waals surface area contributed by atoms with E-state index in [4.69, 9.17) is 23.7 Å². The van der Waals surface area contributed by atoms with Gasteiger partial charge in [-0.05, 0) is 60.4 Å². The second kappa shape index (κ2) is 28.0. The van der Waals surface area contributed by atoms with Gasteiger partial charge in [-0.15, -0.1) is 0 Å². The van der Waals surface area contributed by atoms with Crippen molar-refractivity contribution in [2.45, 2.75) is 45.0 Å². The van der Waals surface area contributed by atoms with E-state index in [2.05, 4.69) is 30.3 Å². The monoisotopic (exact) mass is 867 g/mol. The zero-order valence-corrected chi connectivity index (χ0v) is 35.8. The van der Waals surface area contributed by atoms with Gasteiger partial charge < -0.3 is 48.4 Å². The lowest BCUT2D eigenvalue weighted by Gasteiger charge is -2.28. The number of benzene rings is 3. The molecule has 0 aliphatic rings. The molecule has 2 atom stereocenters. The summed E-state index contributed by atoms with van der Waals surface area (Å²) < 4.78 is 42.2. The highest BCUT2D eigenvalue weighted by Gasteiger charge is 2.28. The van der Waals surface area contributed by atoms with Crippen molar-refractivity contribution in [3.63, 3.8) is 0 Å². The van der Waals surface area contributed by atoms with E-state index in [9.17, 15) is 33.2 Å². The molecular formula is C48H54FN3O11. The first-order chi connectivity index (χ1) is 30.5. The van der Waals surface area contributed by atoms with Gasteiger partial charge in [0.15, 0.2) is 6.29 Å². The third-order valence-corrected chi connectivity index (χ3v) is 9.54. The molecule has 15 heteroatoms. The molecule has 3 rings (SSSR count). The Morgan fingerprint density at radius 1 is 0.905 bits per heavy atom. The Morgan fingerprint density at radius 2 is 1.60 bits per heavy atom. The Hall–Kier alpha value is -6.73. The van der Waals surface area contributed by atoms with Crippen LogP contribution in [-0.2, 0) is 51.3 Å². The highest BCUT2D eigenvalue weighted by Crippen LogP contribution is 2.24. The lowest BCUT2D eigenvalue weighted by Crippen LogP contribution is -2.47. The van der Waals surface area contributed by atoms with Gasteiger partial charge in [0.25, 0.3) is 5.91 Å². The van der Waals surface area contributed by atoms with Crippen LogP contribution in [0, 0.1) is 18.8 Å². The third kappa shape index (κ3) is 16.6. The summed E-state index contributed by atoms with van der Waals surface area (Å²) in [4.78, 5) is 75.2. The molecule has 0 aliphatic heterocycles. The summed E-state index contributed by atoms with van der Waals surface area (Å²) in [5.74, 6) is 4.64. The van der Waals surface area contributed by atoms with E-state index >= 15 is 0 Å². The number of likely N-dealkylation sites (N-methyl/N-ethyl adjacent to an activating group) is 2. The van der Waals surface area contributed by atoms with E-state index in [1.54, 1.807) is 12.1 Å². The van der Waals surface area contributed by atoms with Gasteiger partial charge in [-0.1, -0.05) is 67.5 Å². The van der Waals surface area contributed by atoms with Gasteiger partial charge in [0.1, 0.15) is 61.8 Å². The zero-order valence-electron chi connectivity index (χ0n) is 35.8. The van der Waals surface area contributed by atoms with Gasteiger partial charge in [-0.3, -0.25) is 19.2 Å². The number of aldehydes is 3. The fourth-order valence-corrected chi connectivity index (χ4v) is 6.11. The Labute approximate surface area is 367 Å². The van der Waals surface area contributed by atoms with E-state index in [0.717, 1.165) is 22.8 Å². The summed E-state index contributed by atoms with van der Waals surface area (Å²) in [6.45, 7) is 10.9. The molecule has 1 N–H and O–H groups in total. The highest BCUT2D eigenvalue weighted by atomic mass is 19.1. The van der Waals surface area contributed by atoms with Gasteiger partial charge in [0.2, 0.25) is 12.3 Å². The SMILES string of the molecule is C=C(F)/C=C(\C(=C)OCc1ccccc1)C(C=O)N(C=O)Cc1cccc(C#CCOCCOCCOCCOc2ccc(C(=O)N(C)C(CCC=O)C(=O)NC)c(C=O)c2)c1C. The van der Waals surface area contributed by atoms with Crippen LogP contribution in [0.25, 0.3) is 0 Å². The topological polar surface area (TPSA) is 167 Å². The average molecular weight is 868 g/mol. The quantitative estimate of drug-likeness (QED) is 0.0324. The van der Waals surface area contributed by atoms with Gasteiger partial charge in [-0.2, -0.15) is 0 Å². The van der Waals surface area contributed by atoms with E-state index in [1.807, 2.05) is 49.4 Å². The lowest BCUT2D eigenvalue weighted by molar-refractivity contribution is -0.125. The normalized spacial score (nSPS) is 11.8. The molecule has 0 aliphatic carbocycles. The first-order valence-electron chi connectivity index (χ1n) is 20.0. The van der Waals surface area contributed by atoms with Crippen LogP contribution in [0.4, 0.5) is 4.39 Å². The largest absolute Gasteiger partial charge is 0.491 e. The Balaban J connectivity index is 1.40. The van der Waals surface area contributed by atoms with Crippen LogP contribution in [0.5, 0.6) is 5.75 Å². The van der Waals surface area contributed by atoms with Crippen LogP contribution in [0.2, 0.25) is 0 Å². The fraction of sp³-hybridized carbons (Fsp3) is 0.333. The average Bonchev–Trinajstić information content (AvgIpc) is 3.29. The number of nitrogens with one attached hydrogen (secondary N) is 1. The molecular weight excluding hydrogens is 814 g/mol. The maximum atomic E-state index is 14.1. The summed E-state index contributed by atoms with van der Waals surface area (Å²) in [6, 6.07) is 17.0. The fourth-order valence-electron chi connectivity index (χ4n) is 6.11. The number of carbonyl (C=O) groups excluding carboxylic acids is 6. The summed E-state index contributed by atoms with van der Waals surface area (Å²) in [5.41, 5.74) is 3.30. The molecule has 14 nitrogen and oxygen atoms in total. The molecule has 0 spiro atoms. The molecule has 63 heavy (non-hydrogen) atoms. The Morgan fingerprint density at radius 3 is 2.24 bits per heavy atom. The van der Waals surface area contributed by atoms with E-state index in [0.29, 0.717) is 56.4 Å². The van der Waals surface area contributed by atoms with E-state index in [1.165, 1.54) is 36.0 Å². The highest BCUT2D eigenvalue weighted by molar-refractivity contribution is 6.03. The predicted octanol–water partition coefficient (Wildman–Crippen LogP) is 5.12. The van der Waals surface area contributed by atoms with Gasteiger partial charge in [-0.25, -0.2) is 4.39 Å². The van der Waals surface area contributed by atoms with Crippen molar-refractivity contribution in [2.75, 3.05) is 60.3 Å². The van der Waals surface area contributed by atoms with E-state index < -0.39 is 29.7 Å². The maximum Gasteiger partial charge on any atom is 0.255 e. The molecule has 3 aromatic carbocycles. The van der Waals surface area contributed by atoms with E-state index in [-0.39, 0.29) is 74.9 Å². The van der Waals surface area contributed by atoms with Crippen LogP contribution < -0.4 is 10.1 Å². The number of carbonyl (C=O) groups is 6. The van der Waals surface area contributed by atoms with Gasteiger partial charge >= 0.3 is 0 Å². The number of ether oxygens (including phenoxy) is 5. The molecule has 2 unspecified atom stereocenters. The number of hydrogen-bond acceptors (Lipinski definition) is 11. The molecule has 0 saturated carbocycles. The van der Waals surface area contributed by atoms with Crippen LogP contribution in [0.15, 0.2) is 103 Å².